The minimum Gasteiger partial charge on any atom is -0.295 e. The van der Waals surface area contributed by atoms with E-state index in [-0.39, 0.29) is 5.78 Å². The zero-order valence-electron chi connectivity index (χ0n) is 4.61. The van der Waals surface area contributed by atoms with Crippen molar-refractivity contribution in [1.82, 2.24) is 0 Å². The lowest BCUT2D eigenvalue weighted by Gasteiger charge is -1.62. The van der Waals surface area contributed by atoms with Crippen LogP contribution in [-0.4, -0.2) is 5.78 Å². The van der Waals surface area contributed by atoms with E-state index in [4.69, 9.17) is 0 Å². The first-order valence-corrected chi connectivity index (χ1v) is 1.90. The molecule has 0 radical (unpaired) electrons. The lowest BCUT2D eigenvalue weighted by molar-refractivity contribution is -0.112. The van der Waals surface area contributed by atoms with Crippen LogP contribution in [0.1, 0.15) is 6.92 Å². The highest BCUT2D eigenvalue weighted by Gasteiger charge is 1.69. The number of hydrogen-bond acceptors (Lipinski definition) is 1. The van der Waals surface area contributed by atoms with Crippen LogP contribution in [0.3, 0.4) is 0 Å². The van der Waals surface area contributed by atoms with Gasteiger partial charge in [0.2, 0.25) is 0 Å². The highest BCUT2D eigenvalue weighted by molar-refractivity contribution is 5.86. The van der Waals surface area contributed by atoms with E-state index in [9.17, 15) is 4.79 Å². The first-order chi connectivity index (χ1) is 3.27. The molecule has 0 aromatic heterocycles. The second-order valence-electron chi connectivity index (χ2n) is 0.815. The molecule has 0 aliphatic rings. The molecule has 0 saturated heterocycles. The van der Waals surface area contributed by atoms with E-state index in [1.54, 1.807) is 0 Å². The Balaban J connectivity index is 0. The normalized spacial score (nSPS) is 5.29. The van der Waals surface area contributed by atoms with Gasteiger partial charge in [0.25, 0.3) is 0 Å². The second-order valence-corrected chi connectivity index (χ2v) is 0.815. The van der Waals surface area contributed by atoms with E-state index >= 15 is 0 Å². The summed E-state index contributed by atoms with van der Waals surface area (Å²) in [7, 11) is 0. The summed E-state index contributed by atoms with van der Waals surface area (Å²) < 4.78 is 0. The predicted octanol–water partition coefficient (Wildman–Crippen LogP) is 1.56. The summed E-state index contributed by atoms with van der Waals surface area (Å²) in [4.78, 5) is 9.69. The Morgan fingerprint density at radius 2 is 1.71 bits per heavy atom. The maximum atomic E-state index is 9.69. The third kappa shape index (κ3) is 38.6. The van der Waals surface area contributed by atoms with Crippen molar-refractivity contribution in [1.29, 1.82) is 0 Å². The maximum absolute atomic E-state index is 9.69. The summed E-state index contributed by atoms with van der Waals surface area (Å²) in [6, 6.07) is 0. The van der Waals surface area contributed by atoms with Crippen molar-refractivity contribution in [2.75, 3.05) is 0 Å². The van der Waals surface area contributed by atoms with Crippen LogP contribution in [0.2, 0.25) is 0 Å². The molecule has 0 amide bonds. The molecule has 40 valence electrons. The SMILES string of the molecule is C=C.C=CC(C)=O. The van der Waals surface area contributed by atoms with E-state index in [1.165, 1.54) is 13.0 Å². The van der Waals surface area contributed by atoms with E-state index in [2.05, 4.69) is 19.7 Å². The molecule has 0 bridgehead atoms. The van der Waals surface area contributed by atoms with Crippen molar-refractivity contribution in [2.45, 2.75) is 6.92 Å². The topological polar surface area (TPSA) is 17.1 Å². The van der Waals surface area contributed by atoms with Gasteiger partial charge in [-0.05, 0) is 13.0 Å². The summed E-state index contributed by atoms with van der Waals surface area (Å²) in [5.74, 6) is 0.0185. The van der Waals surface area contributed by atoms with Gasteiger partial charge in [-0.15, -0.1) is 13.2 Å². The van der Waals surface area contributed by atoms with Crippen LogP contribution in [0.25, 0.3) is 0 Å². The number of allylic oxidation sites excluding steroid dienone is 1. The summed E-state index contributed by atoms with van der Waals surface area (Å²) in [5, 5.41) is 0. The van der Waals surface area contributed by atoms with Crippen LogP contribution < -0.4 is 0 Å². The summed E-state index contributed by atoms with van der Waals surface area (Å²) >= 11 is 0. The van der Waals surface area contributed by atoms with Gasteiger partial charge in [0.1, 0.15) is 0 Å². The van der Waals surface area contributed by atoms with Crippen molar-refractivity contribution in [2.24, 2.45) is 0 Å². The highest BCUT2D eigenvalue weighted by atomic mass is 16.1. The molecule has 0 spiro atoms. The molecule has 0 rings (SSSR count). The molecule has 0 aliphatic heterocycles. The largest absolute Gasteiger partial charge is 0.295 e. The van der Waals surface area contributed by atoms with Gasteiger partial charge in [-0.25, -0.2) is 0 Å². The van der Waals surface area contributed by atoms with Crippen molar-refractivity contribution in [3.63, 3.8) is 0 Å². The molecular formula is C6H10O. The van der Waals surface area contributed by atoms with Crippen LogP contribution in [-0.2, 0) is 4.79 Å². The fraction of sp³-hybridized carbons (Fsp3) is 0.167. The van der Waals surface area contributed by atoms with Crippen molar-refractivity contribution >= 4 is 5.78 Å². The lowest BCUT2D eigenvalue weighted by Crippen LogP contribution is -1.74. The van der Waals surface area contributed by atoms with Crippen molar-refractivity contribution in [3.8, 4) is 0 Å². The fourth-order valence-electron chi connectivity index (χ4n) is 0. The molecule has 0 atom stereocenters. The standard InChI is InChI=1S/C4H6O.C2H4/c1-3-4(2)5;1-2/h3H,1H2,2H3;1-2H2. The van der Waals surface area contributed by atoms with Gasteiger partial charge < -0.3 is 0 Å². The van der Waals surface area contributed by atoms with E-state index < -0.39 is 0 Å². The average Bonchev–Trinajstić information content (AvgIpc) is 1.73. The lowest BCUT2D eigenvalue weighted by atomic mass is 10.5. The Bertz CT molecular complexity index is 64.6. The molecule has 0 fully saturated rings. The van der Waals surface area contributed by atoms with Crippen molar-refractivity contribution < 1.29 is 4.79 Å². The third-order valence-corrected chi connectivity index (χ3v) is 0.287. The quantitative estimate of drug-likeness (QED) is 0.359. The molecule has 0 aromatic rings. The van der Waals surface area contributed by atoms with Gasteiger partial charge in [0, 0.05) is 0 Å². The minimum atomic E-state index is 0.0185. The highest BCUT2D eigenvalue weighted by Crippen LogP contribution is 1.60. The van der Waals surface area contributed by atoms with E-state index in [0.29, 0.717) is 0 Å². The maximum Gasteiger partial charge on any atom is 0.152 e. The Morgan fingerprint density at radius 1 is 1.57 bits per heavy atom. The number of rotatable bonds is 1. The van der Waals surface area contributed by atoms with Gasteiger partial charge in [-0.2, -0.15) is 0 Å². The smallest absolute Gasteiger partial charge is 0.152 e. The first-order valence-electron chi connectivity index (χ1n) is 1.90. The van der Waals surface area contributed by atoms with E-state index in [0.717, 1.165) is 0 Å². The molecular weight excluding hydrogens is 88.1 g/mol. The number of ketones is 1. The second kappa shape index (κ2) is 8.94. The Morgan fingerprint density at radius 3 is 1.71 bits per heavy atom. The monoisotopic (exact) mass is 98.1 g/mol. The fourth-order valence-corrected chi connectivity index (χ4v) is 0. The van der Waals surface area contributed by atoms with Crippen LogP contribution in [0.15, 0.2) is 25.8 Å². The molecule has 0 heterocycles. The van der Waals surface area contributed by atoms with Gasteiger partial charge in [-0.3, -0.25) is 4.79 Å². The molecule has 0 aromatic carbocycles. The summed E-state index contributed by atoms with van der Waals surface area (Å²) in [6.07, 6.45) is 1.28. The van der Waals surface area contributed by atoms with Crippen molar-refractivity contribution in [3.05, 3.63) is 25.8 Å². The van der Waals surface area contributed by atoms with Crippen LogP contribution >= 0.6 is 0 Å². The zero-order valence-corrected chi connectivity index (χ0v) is 4.61. The minimum absolute atomic E-state index is 0.0185. The number of hydrogen-bond donors (Lipinski definition) is 0. The number of carbonyl (C=O) groups excluding carboxylic acids is 1. The Labute approximate surface area is 44.4 Å². The first kappa shape index (κ1) is 9.47. The molecule has 0 saturated carbocycles. The van der Waals surface area contributed by atoms with Gasteiger partial charge >= 0.3 is 0 Å². The molecule has 7 heavy (non-hydrogen) atoms. The molecule has 1 nitrogen and oxygen atoms in total. The van der Waals surface area contributed by atoms with Crippen LogP contribution in [0.4, 0.5) is 0 Å². The van der Waals surface area contributed by atoms with Gasteiger partial charge in [0.15, 0.2) is 5.78 Å². The van der Waals surface area contributed by atoms with Crippen LogP contribution in [0.5, 0.6) is 0 Å². The van der Waals surface area contributed by atoms with Crippen LogP contribution in [0, 0.1) is 0 Å². The molecule has 0 N–H and O–H groups in total. The third-order valence-electron chi connectivity index (χ3n) is 0.287. The Hall–Kier alpha value is -0.850. The summed E-state index contributed by atoms with van der Waals surface area (Å²) in [5.41, 5.74) is 0. The molecule has 0 unspecified atom stereocenters. The zero-order chi connectivity index (χ0) is 6.28. The Kier molecular flexibility index (Phi) is 12.1. The molecule has 1 heteroatoms. The van der Waals surface area contributed by atoms with Gasteiger partial charge in [0.05, 0.1) is 0 Å². The predicted molar refractivity (Wildman–Crippen MR) is 32.1 cm³/mol. The van der Waals surface area contributed by atoms with Gasteiger partial charge in [-0.1, -0.05) is 6.58 Å². The van der Waals surface area contributed by atoms with E-state index in [1.807, 2.05) is 0 Å². The average molecular weight is 98.1 g/mol. The molecule has 0 aliphatic carbocycles. The summed E-state index contributed by atoms with van der Waals surface area (Å²) in [6.45, 7) is 10.7. The number of carbonyl (C=O) groups is 1.